The summed E-state index contributed by atoms with van der Waals surface area (Å²) in [6.45, 7) is 32.7. The Morgan fingerprint density at radius 2 is 1.03 bits per heavy atom. The van der Waals surface area contributed by atoms with Crippen molar-refractivity contribution in [2.75, 3.05) is 0 Å². The molecule has 0 amide bonds. The van der Waals surface area contributed by atoms with Crippen molar-refractivity contribution >= 4 is 53.8 Å². The second-order valence-electron chi connectivity index (χ2n) is 20.4. The summed E-state index contributed by atoms with van der Waals surface area (Å²) in [6.07, 6.45) is 0.788. The molecule has 0 aliphatic rings. The number of benzene rings is 4. The van der Waals surface area contributed by atoms with E-state index in [0.29, 0.717) is 24.7 Å². The van der Waals surface area contributed by atoms with Gasteiger partial charge in [-0.25, -0.2) is 0 Å². The minimum absolute atomic E-state index is 0. The van der Waals surface area contributed by atoms with Gasteiger partial charge in [0, 0.05) is 50.4 Å². The van der Waals surface area contributed by atoms with Gasteiger partial charge in [-0.1, -0.05) is 148 Å². The second-order valence-corrected chi connectivity index (χ2v) is 30.6. The summed E-state index contributed by atoms with van der Waals surface area (Å²) in [6, 6.07) is 34.0. The number of alkyl halides is 3. The Morgan fingerprint density at radius 1 is 0.642 bits per heavy atom. The third-order valence-corrected chi connectivity index (χ3v) is 16.3. The molecule has 6 aromatic rings. The summed E-state index contributed by atoms with van der Waals surface area (Å²) in [4.78, 5) is 21.1. The van der Waals surface area contributed by atoms with Crippen LogP contribution in [-0.4, -0.2) is 43.2 Å². The first-order valence-electron chi connectivity index (χ1n) is 23.6. The van der Waals surface area contributed by atoms with Crippen molar-refractivity contribution < 1.29 is 43.2 Å². The Hall–Kier alpha value is -4.22. The zero-order valence-electron chi connectivity index (χ0n) is 42.5. The van der Waals surface area contributed by atoms with Crippen molar-refractivity contribution in [3.05, 3.63) is 131 Å². The van der Waals surface area contributed by atoms with E-state index in [1.165, 1.54) is 54.2 Å². The number of fused-ring (bicyclic) bond motifs is 2. The molecule has 0 saturated heterocycles. The summed E-state index contributed by atoms with van der Waals surface area (Å²) in [7, 11) is -2.62. The molecule has 2 heterocycles. The molecule has 2 aromatic heterocycles. The van der Waals surface area contributed by atoms with Gasteiger partial charge < -0.3 is 15.1 Å². The predicted molar refractivity (Wildman–Crippen MR) is 280 cm³/mol. The maximum Gasteiger partial charge on any atom is 0.389 e. The van der Waals surface area contributed by atoms with E-state index in [4.69, 9.17) is 9.97 Å². The van der Waals surface area contributed by atoms with Gasteiger partial charge in [0.2, 0.25) is 0 Å². The van der Waals surface area contributed by atoms with Gasteiger partial charge in [0.05, 0.1) is 28.3 Å². The number of rotatable bonds is 13. The number of nitrogens with zero attached hydrogens (tertiary/aromatic N) is 2. The van der Waals surface area contributed by atoms with Crippen LogP contribution in [0.1, 0.15) is 108 Å². The van der Waals surface area contributed by atoms with Gasteiger partial charge in [-0.15, -0.1) is 69.8 Å². The number of hydrogen-bond acceptors (Lipinski definition) is 4. The topological polar surface area (TPSA) is 63.1 Å². The zero-order chi connectivity index (χ0) is 49.3. The number of aliphatic hydroxyl groups excluding tert-OH is 1. The molecule has 10 heteroatoms. The molecule has 4 aromatic carbocycles. The molecule has 1 unspecified atom stereocenters. The molecular formula is C57H73F3IrN2O2Si2-2. The number of aliphatic hydroxyl groups is 1. The maximum absolute atomic E-state index is 12.3. The molecule has 1 N–H and O–H groups in total. The Balaban J connectivity index is 0.000000268. The van der Waals surface area contributed by atoms with E-state index in [1.807, 2.05) is 26.2 Å². The third kappa shape index (κ3) is 16.2. The molecule has 4 nitrogen and oxygen atoms in total. The van der Waals surface area contributed by atoms with E-state index in [-0.39, 0.29) is 38.2 Å². The molecule has 0 bridgehead atoms. The average Bonchev–Trinajstić information content (AvgIpc) is 3.24. The second kappa shape index (κ2) is 24.4. The van der Waals surface area contributed by atoms with Crippen LogP contribution in [0.25, 0.3) is 44.1 Å². The molecule has 1 radical (unpaired) electrons. The molecule has 0 aliphatic heterocycles. The maximum atomic E-state index is 12.3. The summed E-state index contributed by atoms with van der Waals surface area (Å²) < 4.78 is 36.8. The van der Waals surface area contributed by atoms with Crippen LogP contribution in [-0.2, 0) is 24.9 Å². The van der Waals surface area contributed by atoms with E-state index >= 15 is 0 Å². The van der Waals surface area contributed by atoms with Crippen LogP contribution in [0.4, 0.5) is 13.2 Å². The SMILES string of the molecule is CCC(CC)C(=O)/C=C(\O)C(CC)CC(F)(F)F.Cc1[c-]c(-c2nccc3cc([Si](C)(C)C)ccc23)cc(C(C)C)c1.Cc1[c-]c(-c2nccc3cc([Si](C)(C)C)ccc23)cc(C(C)C)c1.[Ir]. The number of aromatic nitrogens is 2. The monoisotopic (exact) mass is 1120 g/mol. The Labute approximate surface area is 415 Å². The summed E-state index contributed by atoms with van der Waals surface area (Å²) in [5, 5.41) is 17.6. The minimum Gasteiger partial charge on any atom is -0.512 e. The number of hydrogen-bond donors (Lipinski definition) is 1. The molecule has 0 saturated carbocycles. The summed E-state index contributed by atoms with van der Waals surface area (Å²) in [5.41, 5.74) is 9.33. The van der Waals surface area contributed by atoms with E-state index in [0.717, 1.165) is 28.6 Å². The molecular weight excluding hydrogens is 1050 g/mol. The van der Waals surface area contributed by atoms with Crippen molar-refractivity contribution in [3.63, 3.8) is 0 Å². The number of carbonyl (C=O) groups is 1. The van der Waals surface area contributed by atoms with Gasteiger partial charge in [0.25, 0.3) is 0 Å². The first kappa shape index (κ1) is 57.1. The van der Waals surface area contributed by atoms with Crippen LogP contribution in [0.5, 0.6) is 0 Å². The number of halogens is 3. The quantitative estimate of drug-likeness (QED) is 0.0542. The number of ketones is 1. The van der Waals surface area contributed by atoms with Crippen LogP contribution < -0.4 is 10.4 Å². The smallest absolute Gasteiger partial charge is 0.389 e. The third-order valence-electron chi connectivity index (χ3n) is 12.2. The number of carbonyl (C=O) groups excluding carboxylic acids is 1. The van der Waals surface area contributed by atoms with Crippen LogP contribution in [0.15, 0.2) is 97.0 Å². The fourth-order valence-electron chi connectivity index (χ4n) is 7.94. The van der Waals surface area contributed by atoms with Crippen LogP contribution in [0, 0.1) is 37.8 Å². The van der Waals surface area contributed by atoms with Gasteiger partial charge in [-0.2, -0.15) is 13.2 Å². The largest absolute Gasteiger partial charge is 0.512 e. The molecule has 0 fully saturated rings. The molecule has 1 atom stereocenters. The van der Waals surface area contributed by atoms with Crippen molar-refractivity contribution in [2.45, 2.75) is 145 Å². The fourth-order valence-corrected chi connectivity index (χ4v) is 10.3. The Morgan fingerprint density at radius 3 is 1.36 bits per heavy atom. The van der Waals surface area contributed by atoms with Gasteiger partial charge in [0.1, 0.15) is 0 Å². The van der Waals surface area contributed by atoms with Crippen molar-refractivity contribution in [1.82, 2.24) is 9.97 Å². The minimum atomic E-state index is -4.33. The fraction of sp³-hybridized carbons (Fsp3) is 0.421. The van der Waals surface area contributed by atoms with Crippen LogP contribution in [0.2, 0.25) is 39.3 Å². The van der Waals surface area contributed by atoms with E-state index in [9.17, 15) is 23.1 Å². The predicted octanol–water partition coefficient (Wildman–Crippen LogP) is 15.8. The van der Waals surface area contributed by atoms with E-state index in [2.05, 4.69) is 166 Å². The van der Waals surface area contributed by atoms with Crippen LogP contribution >= 0.6 is 0 Å². The molecule has 6 rings (SSSR count). The van der Waals surface area contributed by atoms with Gasteiger partial charge in [-0.05, 0) is 76.2 Å². The molecule has 363 valence electrons. The van der Waals surface area contributed by atoms with E-state index < -0.39 is 40.4 Å². The van der Waals surface area contributed by atoms with Crippen molar-refractivity contribution in [1.29, 1.82) is 0 Å². The van der Waals surface area contributed by atoms with Crippen molar-refractivity contribution in [2.24, 2.45) is 11.8 Å². The van der Waals surface area contributed by atoms with Crippen LogP contribution in [0.3, 0.4) is 0 Å². The van der Waals surface area contributed by atoms with Gasteiger partial charge >= 0.3 is 6.18 Å². The summed E-state index contributed by atoms with van der Waals surface area (Å²) >= 11 is 0. The standard InChI is InChI=1S/2C22H26NSi.C13H21F3O2.Ir/c2*1-15(2)18-11-16(3)12-19(13-18)22-21-8-7-20(24(4,5)6)14-17(21)9-10-23-22;1-4-9(5-2)11(17)7-12(18)10(6-3)8-13(14,15)16;/h2*7-11,13-15H,1-6H3;7,9-10,18H,4-6,8H2,1-3H3;/q2*-1;;/b;;12-7-;. The first-order chi connectivity index (χ1) is 30.8. The number of allylic oxidation sites excluding steroid dienone is 2. The van der Waals surface area contributed by atoms with E-state index in [1.54, 1.807) is 6.92 Å². The molecule has 0 aliphatic carbocycles. The van der Waals surface area contributed by atoms with Gasteiger partial charge in [0.15, 0.2) is 5.78 Å². The molecule has 67 heavy (non-hydrogen) atoms. The zero-order valence-corrected chi connectivity index (χ0v) is 46.9. The Kier molecular flexibility index (Phi) is 20.8. The van der Waals surface area contributed by atoms with Gasteiger partial charge in [-0.3, -0.25) is 4.79 Å². The first-order valence-corrected chi connectivity index (χ1v) is 30.6. The number of aryl methyl sites for hydroxylation is 2. The molecule has 0 spiro atoms. The Bertz CT molecular complexity index is 2470. The summed E-state index contributed by atoms with van der Waals surface area (Å²) in [5.74, 6) is -0.986. The average molecular weight is 1120 g/mol. The number of pyridine rings is 2. The normalized spacial score (nSPS) is 12.7. The van der Waals surface area contributed by atoms with Crippen molar-refractivity contribution in [3.8, 4) is 22.5 Å².